The number of amides is 2. The fourth-order valence-corrected chi connectivity index (χ4v) is 3.25. The van der Waals surface area contributed by atoms with Gasteiger partial charge in [0, 0.05) is 13.7 Å². The van der Waals surface area contributed by atoms with Gasteiger partial charge in [-0.3, -0.25) is 5.32 Å². The lowest BCUT2D eigenvalue weighted by Crippen LogP contribution is -2.28. The van der Waals surface area contributed by atoms with Crippen LogP contribution in [0.15, 0.2) is 30.5 Å². The number of nitrogens with one attached hydrogen (secondary N) is 2. The Hall–Kier alpha value is -1.73. The molecule has 22 heavy (non-hydrogen) atoms. The summed E-state index contributed by atoms with van der Waals surface area (Å²) in [5.74, 6) is 0.766. The van der Waals surface area contributed by atoms with Gasteiger partial charge in [-0.25, -0.2) is 9.78 Å². The molecule has 3 N–H and O–H groups in total. The number of anilines is 1. The van der Waals surface area contributed by atoms with Crippen LogP contribution in [0.5, 0.6) is 5.75 Å². The first-order chi connectivity index (χ1) is 10.6. The zero-order valence-electron chi connectivity index (χ0n) is 12.1. The highest BCUT2D eigenvalue weighted by Crippen LogP contribution is 2.32. The van der Waals surface area contributed by atoms with Gasteiger partial charge in [-0.1, -0.05) is 23.5 Å². The monoisotopic (exact) mass is 341 g/mol. The highest BCUT2D eigenvalue weighted by Gasteiger charge is 2.13. The third-order valence-corrected chi connectivity index (χ3v) is 4.98. The minimum Gasteiger partial charge on any atom is -0.497 e. The maximum Gasteiger partial charge on any atom is 0.321 e. The van der Waals surface area contributed by atoms with E-state index in [1.807, 2.05) is 24.3 Å². The number of aromatic nitrogens is 1. The maximum atomic E-state index is 11.8. The molecule has 0 spiro atoms. The number of hydrogen-bond acceptors (Lipinski definition) is 6. The molecule has 0 fully saturated rings. The van der Waals surface area contributed by atoms with Crippen molar-refractivity contribution in [2.45, 2.75) is 6.54 Å². The van der Waals surface area contributed by atoms with Crippen LogP contribution >= 0.6 is 19.7 Å². The number of carbonyl (C=O) groups is 1. The summed E-state index contributed by atoms with van der Waals surface area (Å²) in [4.78, 5) is 25.3. The number of thiazole rings is 1. The summed E-state index contributed by atoms with van der Waals surface area (Å²) in [7, 11) is 1.36. The third-order valence-electron chi connectivity index (χ3n) is 2.69. The van der Waals surface area contributed by atoms with Crippen LogP contribution in [-0.2, 0) is 11.1 Å². The van der Waals surface area contributed by atoms with Gasteiger partial charge in [0.2, 0.25) is 8.38 Å². The summed E-state index contributed by atoms with van der Waals surface area (Å²) >= 11 is 1.17. The molecule has 7 nitrogen and oxygen atoms in total. The lowest BCUT2D eigenvalue weighted by Gasteiger charge is -2.06. The average Bonchev–Trinajstić information content (AvgIpc) is 3.01. The molecule has 1 aromatic carbocycles. The molecule has 0 aliphatic heterocycles. The minimum absolute atomic E-state index is 0.364. The third kappa shape index (κ3) is 4.64. The van der Waals surface area contributed by atoms with Gasteiger partial charge >= 0.3 is 6.03 Å². The lowest BCUT2D eigenvalue weighted by molar-refractivity contribution is 0.251. The molecule has 1 heterocycles. The summed E-state index contributed by atoms with van der Waals surface area (Å²) in [5.41, 5.74) is 0.953. The van der Waals surface area contributed by atoms with Crippen molar-refractivity contribution in [2.24, 2.45) is 0 Å². The SMILES string of the molecule is COc1ccc(CNC(=O)Nc2ncc(P(O)OC)s2)cc1. The van der Waals surface area contributed by atoms with E-state index in [4.69, 9.17) is 9.26 Å². The topological polar surface area (TPSA) is 92.7 Å². The van der Waals surface area contributed by atoms with Crippen LogP contribution in [0.2, 0.25) is 0 Å². The summed E-state index contributed by atoms with van der Waals surface area (Å²) in [5, 5.41) is 5.74. The van der Waals surface area contributed by atoms with E-state index in [2.05, 4.69) is 15.6 Å². The number of urea groups is 1. The van der Waals surface area contributed by atoms with Crippen LogP contribution in [0.1, 0.15) is 5.56 Å². The van der Waals surface area contributed by atoms with Gasteiger partial charge in [0.1, 0.15) is 10.4 Å². The number of hydrogen-bond donors (Lipinski definition) is 3. The first kappa shape index (κ1) is 16.6. The molecule has 1 atom stereocenters. The fourth-order valence-electron chi connectivity index (χ4n) is 1.57. The van der Waals surface area contributed by atoms with Gasteiger partial charge in [0.15, 0.2) is 5.13 Å². The number of rotatable bonds is 6. The van der Waals surface area contributed by atoms with E-state index in [-0.39, 0.29) is 6.03 Å². The molecule has 2 rings (SSSR count). The van der Waals surface area contributed by atoms with Crippen LogP contribution in [-0.4, -0.2) is 30.1 Å². The molecule has 0 bridgehead atoms. The van der Waals surface area contributed by atoms with E-state index in [9.17, 15) is 9.69 Å². The van der Waals surface area contributed by atoms with Crippen molar-refractivity contribution >= 4 is 35.5 Å². The summed E-state index contributed by atoms with van der Waals surface area (Å²) < 4.78 is 10.5. The summed E-state index contributed by atoms with van der Waals surface area (Å²) in [6.07, 6.45) is 1.49. The average molecular weight is 341 g/mol. The van der Waals surface area contributed by atoms with Crippen LogP contribution < -0.4 is 20.0 Å². The molecule has 0 saturated heterocycles. The van der Waals surface area contributed by atoms with E-state index >= 15 is 0 Å². The van der Waals surface area contributed by atoms with Gasteiger partial charge < -0.3 is 19.5 Å². The number of ether oxygens (including phenoxy) is 1. The molecule has 0 saturated carbocycles. The molecule has 118 valence electrons. The number of benzene rings is 1. The maximum absolute atomic E-state index is 11.8. The molecule has 0 aliphatic carbocycles. The molecule has 2 aromatic rings. The lowest BCUT2D eigenvalue weighted by atomic mass is 10.2. The predicted octanol–water partition coefficient (Wildman–Crippen LogP) is 2.05. The van der Waals surface area contributed by atoms with Crippen LogP contribution in [0, 0.1) is 0 Å². The van der Waals surface area contributed by atoms with Crippen molar-refractivity contribution in [1.29, 1.82) is 0 Å². The molecular weight excluding hydrogens is 325 g/mol. The van der Waals surface area contributed by atoms with E-state index in [1.54, 1.807) is 7.11 Å². The largest absolute Gasteiger partial charge is 0.497 e. The van der Waals surface area contributed by atoms with E-state index < -0.39 is 8.38 Å². The Kier molecular flexibility index (Phi) is 6.09. The van der Waals surface area contributed by atoms with Crippen molar-refractivity contribution in [1.82, 2.24) is 10.3 Å². The molecule has 1 aromatic heterocycles. The fraction of sp³-hybridized carbons (Fsp3) is 0.231. The molecule has 0 aliphatic rings. The second-order valence-electron chi connectivity index (χ2n) is 4.11. The van der Waals surface area contributed by atoms with Crippen LogP contribution in [0.4, 0.5) is 9.93 Å². The highest BCUT2D eigenvalue weighted by atomic mass is 32.1. The molecule has 1 unspecified atom stereocenters. The zero-order valence-corrected chi connectivity index (χ0v) is 13.8. The molecule has 9 heteroatoms. The Morgan fingerprint density at radius 1 is 1.36 bits per heavy atom. The highest BCUT2D eigenvalue weighted by molar-refractivity contribution is 7.63. The molecule has 2 amide bonds. The van der Waals surface area contributed by atoms with Crippen molar-refractivity contribution in [3.05, 3.63) is 36.0 Å². The van der Waals surface area contributed by atoms with Gasteiger partial charge in [-0.05, 0) is 17.7 Å². The van der Waals surface area contributed by atoms with Crippen LogP contribution in [0.25, 0.3) is 0 Å². The molecule has 0 radical (unpaired) electrons. The first-order valence-electron chi connectivity index (χ1n) is 6.29. The van der Waals surface area contributed by atoms with Crippen molar-refractivity contribution in [2.75, 3.05) is 19.5 Å². The first-order valence-corrected chi connectivity index (χ1v) is 8.32. The van der Waals surface area contributed by atoms with E-state index in [1.165, 1.54) is 24.6 Å². The van der Waals surface area contributed by atoms with Crippen molar-refractivity contribution in [3.63, 3.8) is 0 Å². The second kappa shape index (κ2) is 8.05. The van der Waals surface area contributed by atoms with Gasteiger partial charge in [-0.2, -0.15) is 0 Å². The van der Waals surface area contributed by atoms with E-state index in [0.717, 1.165) is 11.3 Å². The smallest absolute Gasteiger partial charge is 0.321 e. The summed E-state index contributed by atoms with van der Waals surface area (Å²) in [6.45, 7) is 0.388. The Morgan fingerprint density at radius 3 is 2.73 bits per heavy atom. The predicted molar refractivity (Wildman–Crippen MR) is 86.7 cm³/mol. The number of carbonyl (C=O) groups excluding carboxylic acids is 1. The number of methoxy groups -OCH3 is 1. The Balaban J connectivity index is 1.83. The number of nitrogens with zero attached hydrogens (tertiary/aromatic N) is 1. The quantitative estimate of drug-likeness (QED) is 0.699. The Morgan fingerprint density at radius 2 is 2.09 bits per heavy atom. The van der Waals surface area contributed by atoms with Crippen molar-refractivity contribution in [3.8, 4) is 5.75 Å². The van der Waals surface area contributed by atoms with Gasteiger partial charge in [-0.15, -0.1) is 0 Å². The standard InChI is InChI=1S/C13H16N3O4PS/c1-19-10-5-3-9(4-6-10)7-14-12(17)16-13-15-8-11(22-13)21(18)20-2/h3-6,8,18H,7H2,1-2H3,(H2,14,15,16,17). The molecular formula is C13H16N3O4PS. The van der Waals surface area contributed by atoms with Gasteiger partial charge in [0.25, 0.3) is 0 Å². The normalized spacial score (nSPS) is 11.8. The van der Waals surface area contributed by atoms with E-state index in [0.29, 0.717) is 16.3 Å². The Bertz CT molecular complexity index is 620. The summed E-state index contributed by atoms with van der Waals surface area (Å²) in [6, 6.07) is 7.04. The minimum atomic E-state index is -1.65. The van der Waals surface area contributed by atoms with Crippen molar-refractivity contribution < 1.29 is 18.9 Å². The van der Waals surface area contributed by atoms with Crippen LogP contribution in [0.3, 0.4) is 0 Å². The van der Waals surface area contributed by atoms with Gasteiger partial charge in [0.05, 0.1) is 13.3 Å². The second-order valence-corrected chi connectivity index (χ2v) is 6.84. The zero-order chi connectivity index (χ0) is 15.9. The Labute approximate surface area is 133 Å².